The summed E-state index contributed by atoms with van der Waals surface area (Å²) in [5, 5.41) is 21.8. The van der Waals surface area contributed by atoms with Gasteiger partial charge in [-0.3, -0.25) is 4.72 Å². The van der Waals surface area contributed by atoms with E-state index in [1.807, 2.05) is 36.5 Å². The molecule has 1 fully saturated rings. The quantitative estimate of drug-likeness (QED) is 0.403. The number of hydrogen-bond acceptors (Lipinski definition) is 8. The van der Waals surface area contributed by atoms with Crippen LogP contribution in [0, 0.1) is 18.3 Å². The lowest BCUT2D eigenvalue weighted by Gasteiger charge is -2.37. The average Bonchev–Trinajstić information content (AvgIpc) is 3.38. The molecule has 150 valence electrons. The van der Waals surface area contributed by atoms with Crippen molar-refractivity contribution in [2.45, 2.75) is 36.7 Å². The second-order valence-corrected chi connectivity index (χ2v) is 8.19. The van der Waals surface area contributed by atoms with Crippen LogP contribution in [0.5, 0.6) is 0 Å². The van der Waals surface area contributed by atoms with Crippen LogP contribution in [0.25, 0.3) is 22.5 Å². The van der Waals surface area contributed by atoms with Crippen molar-refractivity contribution in [2.24, 2.45) is 0 Å². The zero-order chi connectivity index (χ0) is 20.5. The topological polar surface area (TPSA) is 115 Å². The number of benzene rings is 1. The first-order chi connectivity index (χ1) is 14.7. The molecule has 0 atom stereocenters. The maximum atomic E-state index is 9.03. The monoisotopic (exact) mass is 417 g/mol. The summed E-state index contributed by atoms with van der Waals surface area (Å²) < 4.78 is 9.14. The summed E-state index contributed by atoms with van der Waals surface area (Å²) in [6.07, 6.45) is 5.62. The van der Waals surface area contributed by atoms with Crippen molar-refractivity contribution in [3.63, 3.8) is 0 Å². The van der Waals surface area contributed by atoms with Gasteiger partial charge in [0.2, 0.25) is 5.89 Å². The largest absolute Gasteiger partial charge is 0.421 e. The fourth-order valence-corrected chi connectivity index (χ4v) is 4.38. The number of rotatable bonds is 6. The first kappa shape index (κ1) is 18.7. The van der Waals surface area contributed by atoms with Crippen molar-refractivity contribution >= 4 is 28.7 Å². The van der Waals surface area contributed by atoms with E-state index in [0.29, 0.717) is 29.4 Å². The summed E-state index contributed by atoms with van der Waals surface area (Å²) >= 11 is 1.57. The van der Waals surface area contributed by atoms with Gasteiger partial charge >= 0.3 is 0 Å². The number of aromatic nitrogens is 4. The summed E-state index contributed by atoms with van der Waals surface area (Å²) in [5.74, 6) is 0.989. The van der Waals surface area contributed by atoms with E-state index < -0.39 is 0 Å². The van der Waals surface area contributed by atoms with Gasteiger partial charge in [0, 0.05) is 41.7 Å². The zero-order valence-electron chi connectivity index (χ0n) is 16.2. The van der Waals surface area contributed by atoms with Gasteiger partial charge in [-0.1, -0.05) is 6.07 Å². The molecule has 0 saturated heterocycles. The van der Waals surface area contributed by atoms with Crippen molar-refractivity contribution in [1.29, 1.82) is 5.26 Å². The minimum Gasteiger partial charge on any atom is -0.421 e. The molecule has 9 heteroatoms. The van der Waals surface area contributed by atoms with Gasteiger partial charge in [-0.15, -0.1) is 10.2 Å². The standard InChI is InChI=1S/C21H19N7OS/c1-12-26-27-21(29-12)18-11-24-20-17(5-6-23-20)19(18)25-14-8-15(9-14)28-30-16-4-2-3-13(7-16)10-22/h2-7,11,14-15,28H,8-9H2,1H3,(H2,23,24,25)/t14-,15+. The third-order valence-corrected chi connectivity index (χ3v) is 6.08. The lowest BCUT2D eigenvalue weighted by atomic mass is 9.87. The number of nitrogens with one attached hydrogen (secondary N) is 3. The molecule has 5 rings (SSSR count). The van der Waals surface area contributed by atoms with E-state index in [2.05, 4.69) is 36.3 Å². The second kappa shape index (κ2) is 7.82. The Morgan fingerprint density at radius 2 is 2.13 bits per heavy atom. The van der Waals surface area contributed by atoms with Crippen LogP contribution >= 0.6 is 11.9 Å². The van der Waals surface area contributed by atoms with Crippen LogP contribution < -0.4 is 10.0 Å². The highest BCUT2D eigenvalue weighted by atomic mass is 32.2. The van der Waals surface area contributed by atoms with E-state index in [4.69, 9.17) is 9.68 Å². The zero-order valence-corrected chi connectivity index (χ0v) is 17.0. The van der Waals surface area contributed by atoms with Gasteiger partial charge < -0.3 is 14.7 Å². The number of hydrogen-bond donors (Lipinski definition) is 3. The molecule has 3 N–H and O–H groups in total. The second-order valence-electron chi connectivity index (χ2n) is 7.28. The van der Waals surface area contributed by atoms with Crippen molar-refractivity contribution in [3.8, 4) is 17.5 Å². The van der Waals surface area contributed by atoms with Crippen molar-refractivity contribution in [3.05, 3.63) is 54.2 Å². The van der Waals surface area contributed by atoms with Crippen LogP contribution in [0.1, 0.15) is 24.3 Å². The third-order valence-electron chi connectivity index (χ3n) is 5.14. The number of pyridine rings is 1. The van der Waals surface area contributed by atoms with Crippen molar-refractivity contribution < 1.29 is 4.42 Å². The molecule has 1 aliphatic carbocycles. The first-order valence-electron chi connectivity index (χ1n) is 9.65. The van der Waals surface area contributed by atoms with Crippen LogP contribution in [0.2, 0.25) is 0 Å². The molecule has 1 aliphatic rings. The van der Waals surface area contributed by atoms with Gasteiger partial charge in [0.1, 0.15) is 5.65 Å². The minimum absolute atomic E-state index is 0.330. The molecular formula is C21H19N7OS. The lowest BCUT2D eigenvalue weighted by Crippen LogP contribution is -2.45. The Hall–Kier alpha value is -3.35. The van der Waals surface area contributed by atoms with Crippen molar-refractivity contribution in [1.82, 2.24) is 24.9 Å². The summed E-state index contributed by atoms with van der Waals surface area (Å²) in [6, 6.07) is 12.5. The van der Waals surface area contributed by atoms with Gasteiger partial charge in [-0.2, -0.15) is 5.26 Å². The highest BCUT2D eigenvalue weighted by Gasteiger charge is 2.30. The Labute approximate surface area is 177 Å². The molecule has 1 aromatic carbocycles. The lowest BCUT2D eigenvalue weighted by molar-refractivity contribution is 0.355. The maximum Gasteiger partial charge on any atom is 0.251 e. The molecule has 3 heterocycles. The molecule has 4 aromatic rings. The summed E-state index contributed by atoms with van der Waals surface area (Å²) in [7, 11) is 0. The van der Waals surface area contributed by atoms with E-state index in [0.717, 1.165) is 40.0 Å². The van der Waals surface area contributed by atoms with Gasteiger partial charge in [0.15, 0.2) is 0 Å². The molecule has 0 aliphatic heterocycles. The smallest absolute Gasteiger partial charge is 0.251 e. The van der Waals surface area contributed by atoms with Crippen LogP contribution in [0.4, 0.5) is 5.69 Å². The van der Waals surface area contributed by atoms with E-state index in [1.165, 1.54) is 0 Å². The SMILES string of the molecule is Cc1nnc(-c2cnc3[nH]ccc3c2N[C@H]2C[C@@H](NSc3cccc(C#N)c3)C2)o1. The molecule has 0 radical (unpaired) electrons. The van der Waals surface area contributed by atoms with Gasteiger partial charge in [-0.05, 0) is 49.1 Å². The van der Waals surface area contributed by atoms with Gasteiger partial charge in [0.05, 0.1) is 22.9 Å². The Morgan fingerprint density at radius 3 is 2.93 bits per heavy atom. The van der Waals surface area contributed by atoms with E-state index in [9.17, 15) is 0 Å². The van der Waals surface area contributed by atoms with Crippen molar-refractivity contribution in [2.75, 3.05) is 5.32 Å². The number of H-pyrrole nitrogens is 1. The van der Waals surface area contributed by atoms with Gasteiger partial charge in [-0.25, -0.2) is 4.98 Å². The highest BCUT2D eigenvalue weighted by Crippen LogP contribution is 2.36. The molecule has 30 heavy (non-hydrogen) atoms. The minimum atomic E-state index is 0.330. The molecule has 0 amide bonds. The molecular weight excluding hydrogens is 398 g/mol. The number of aromatic amines is 1. The Balaban J connectivity index is 1.27. The average molecular weight is 417 g/mol. The number of fused-ring (bicyclic) bond motifs is 1. The van der Waals surface area contributed by atoms with E-state index in [1.54, 1.807) is 25.1 Å². The Morgan fingerprint density at radius 1 is 1.23 bits per heavy atom. The number of aryl methyl sites for hydroxylation is 1. The highest BCUT2D eigenvalue weighted by molar-refractivity contribution is 7.97. The molecule has 8 nitrogen and oxygen atoms in total. The predicted octanol–water partition coefficient (Wildman–Crippen LogP) is 4.03. The summed E-state index contributed by atoms with van der Waals surface area (Å²) in [6.45, 7) is 1.78. The predicted molar refractivity (Wildman–Crippen MR) is 115 cm³/mol. The maximum absolute atomic E-state index is 9.03. The number of nitriles is 1. The first-order valence-corrected chi connectivity index (χ1v) is 10.5. The summed E-state index contributed by atoms with van der Waals surface area (Å²) in [4.78, 5) is 8.67. The molecule has 1 saturated carbocycles. The Kier molecular flexibility index (Phi) is 4.86. The third kappa shape index (κ3) is 3.63. The molecule has 0 unspecified atom stereocenters. The molecule has 0 bridgehead atoms. The Bertz CT molecular complexity index is 1240. The molecule has 0 spiro atoms. The van der Waals surface area contributed by atoms with Crippen LogP contribution in [0.15, 0.2) is 52.0 Å². The fraction of sp³-hybridized carbons (Fsp3) is 0.238. The van der Waals surface area contributed by atoms with E-state index >= 15 is 0 Å². The number of anilines is 1. The van der Waals surface area contributed by atoms with E-state index in [-0.39, 0.29) is 0 Å². The summed E-state index contributed by atoms with van der Waals surface area (Å²) in [5.41, 5.74) is 3.26. The molecule has 3 aromatic heterocycles. The normalized spacial score (nSPS) is 18.1. The number of nitrogens with zero attached hydrogens (tertiary/aromatic N) is 4. The fourth-order valence-electron chi connectivity index (χ4n) is 3.55. The van der Waals surface area contributed by atoms with Crippen LogP contribution in [0.3, 0.4) is 0 Å². The van der Waals surface area contributed by atoms with Crippen LogP contribution in [-0.2, 0) is 0 Å². The van der Waals surface area contributed by atoms with Crippen LogP contribution in [-0.4, -0.2) is 32.2 Å². The van der Waals surface area contributed by atoms with Gasteiger partial charge in [0.25, 0.3) is 5.89 Å².